The van der Waals surface area contributed by atoms with Crippen molar-refractivity contribution in [1.82, 2.24) is 19.7 Å². The minimum Gasteiger partial charge on any atom is -0.496 e. The van der Waals surface area contributed by atoms with E-state index < -0.39 is 0 Å². The highest BCUT2D eigenvalue weighted by molar-refractivity contribution is 7.98. The van der Waals surface area contributed by atoms with Gasteiger partial charge < -0.3 is 13.8 Å². The van der Waals surface area contributed by atoms with Crippen LogP contribution in [-0.2, 0) is 0 Å². The fourth-order valence-electron chi connectivity index (χ4n) is 4.40. The van der Waals surface area contributed by atoms with Crippen LogP contribution in [0, 0.1) is 13.8 Å². The third kappa shape index (κ3) is 3.15. The molecule has 0 aliphatic carbocycles. The molecule has 2 aromatic carbocycles. The molecular weight excluding hydrogens is 420 g/mol. The first-order valence-corrected chi connectivity index (χ1v) is 11.7. The maximum atomic E-state index is 5.82. The molecule has 32 heavy (non-hydrogen) atoms. The van der Waals surface area contributed by atoms with E-state index in [0.29, 0.717) is 0 Å². The van der Waals surface area contributed by atoms with Crippen LogP contribution in [0.5, 0.6) is 5.75 Å². The van der Waals surface area contributed by atoms with E-state index in [0.717, 1.165) is 55.4 Å². The second-order valence-corrected chi connectivity index (χ2v) is 8.59. The molecule has 1 atom stereocenters. The van der Waals surface area contributed by atoms with Crippen molar-refractivity contribution in [3.63, 3.8) is 0 Å². The standard InChI is InChI=1S/C25H24N4O2S/c1-14-23(16(3)31-28-14)19-11-20-18(12-22(19)30-4)24-21(13-26-20)27-25(32-5)29(24)15(2)17-9-7-6-8-10-17/h6-13,15H,1-5H3/t15-/m1/s1. The van der Waals surface area contributed by atoms with E-state index in [1.165, 1.54) is 5.56 Å². The molecule has 0 saturated carbocycles. The average Bonchev–Trinajstić information content (AvgIpc) is 3.37. The monoisotopic (exact) mass is 444 g/mol. The average molecular weight is 445 g/mol. The van der Waals surface area contributed by atoms with Crippen molar-refractivity contribution in [3.05, 3.63) is 65.7 Å². The molecule has 0 aliphatic rings. The summed E-state index contributed by atoms with van der Waals surface area (Å²) < 4.78 is 13.5. The van der Waals surface area contributed by atoms with Gasteiger partial charge in [-0.2, -0.15) is 0 Å². The third-order valence-electron chi connectivity index (χ3n) is 5.96. The summed E-state index contributed by atoms with van der Waals surface area (Å²) >= 11 is 1.64. The summed E-state index contributed by atoms with van der Waals surface area (Å²) in [6, 6.07) is 14.7. The molecule has 7 heteroatoms. The number of methoxy groups -OCH3 is 1. The Morgan fingerprint density at radius 3 is 2.53 bits per heavy atom. The van der Waals surface area contributed by atoms with Crippen LogP contribution >= 0.6 is 11.8 Å². The van der Waals surface area contributed by atoms with Crippen molar-refractivity contribution in [2.24, 2.45) is 0 Å². The SMILES string of the molecule is COc1cc2c(cc1-c1c(C)noc1C)ncc1nc(SC)n([C@H](C)c3ccccc3)c12. The Kier molecular flexibility index (Phi) is 5.13. The van der Waals surface area contributed by atoms with Gasteiger partial charge in [0.15, 0.2) is 5.16 Å². The summed E-state index contributed by atoms with van der Waals surface area (Å²) in [6.07, 6.45) is 3.91. The largest absolute Gasteiger partial charge is 0.496 e. The van der Waals surface area contributed by atoms with Crippen LogP contribution < -0.4 is 4.74 Å². The Morgan fingerprint density at radius 2 is 1.88 bits per heavy atom. The predicted octanol–water partition coefficient (Wildman–Crippen LogP) is 6.20. The van der Waals surface area contributed by atoms with Gasteiger partial charge >= 0.3 is 0 Å². The van der Waals surface area contributed by atoms with Crippen molar-refractivity contribution in [2.75, 3.05) is 13.4 Å². The van der Waals surface area contributed by atoms with Crippen LogP contribution in [0.2, 0.25) is 0 Å². The number of aromatic nitrogens is 4. The molecule has 0 spiro atoms. The predicted molar refractivity (Wildman–Crippen MR) is 129 cm³/mol. The second kappa shape index (κ2) is 7.98. The fourth-order valence-corrected chi connectivity index (χ4v) is 5.03. The van der Waals surface area contributed by atoms with Gasteiger partial charge in [-0.15, -0.1) is 0 Å². The minimum atomic E-state index is 0.113. The summed E-state index contributed by atoms with van der Waals surface area (Å²) in [5.41, 5.74) is 6.73. The number of benzene rings is 2. The zero-order valence-electron chi connectivity index (χ0n) is 18.7. The van der Waals surface area contributed by atoms with Gasteiger partial charge in [0.2, 0.25) is 0 Å². The van der Waals surface area contributed by atoms with E-state index in [9.17, 15) is 0 Å². The van der Waals surface area contributed by atoms with Gasteiger partial charge in [0, 0.05) is 10.9 Å². The van der Waals surface area contributed by atoms with Gasteiger partial charge in [0.05, 0.1) is 41.6 Å². The first-order valence-electron chi connectivity index (χ1n) is 10.4. The lowest BCUT2D eigenvalue weighted by Gasteiger charge is -2.18. The number of aryl methyl sites for hydroxylation is 2. The number of imidazole rings is 1. The molecule has 5 aromatic rings. The van der Waals surface area contributed by atoms with Gasteiger partial charge in [-0.25, -0.2) is 4.98 Å². The zero-order valence-corrected chi connectivity index (χ0v) is 19.5. The zero-order chi connectivity index (χ0) is 22.4. The summed E-state index contributed by atoms with van der Waals surface area (Å²) in [5, 5.41) is 6.08. The van der Waals surface area contributed by atoms with Crippen molar-refractivity contribution in [2.45, 2.75) is 32.0 Å². The lowest BCUT2D eigenvalue weighted by atomic mass is 10.00. The molecular formula is C25H24N4O2S. The number of ether oxygens (including phenoxy) is 1. The number of hydrogen-bond acceptors (Lipinski definition) is 6. The van der Waals surface area contributed by atoms with Crippen LogP contribution in [0.3, 0.4) is 0 Å². The lowest BCUT2D eigenvalue weighted by molar-refractivity contribution is 0.393. The maximum Gasteiger partial charge on any atom is 0.169 e. The molecule has 0 fully saturated rings. The molecule has 6 nitrogen and oxygen atoms in total. The van der Waals surface area contributed by atoms with Gasteiger partial charge in [-0.3, -0.25) is 4.98 Å². The number of hydrogen-bond donors (Lipinski definition) is 0. The number of thioether (sulfide) groups is 1. The molecule has 162 valence electrons. The van der Waals surface area contributed by atoms with Crippen LogP contribution in [0.4, 0.5) is 0 Å². The molecule has 0 N–H and O–H groups in total. The van der Waals surface area contributed by atoms with Crippen molar-refractivity contribution in [3.8, 4) is 16.9 Å². The third-order valence-corrected chi connectivity index (χ3v) is 6.61. The number of pyridine rings is 1. The Morgan fingerprint density at radius 1 is 1.09 bits per heavy atom. The molecule has 0 unspecified atom stereocenters. The molecule has 0 bridgehead atoms. The van der Waals surface area contributed by atoms with E-state index in [1.54, 1.807) is 18.9 Å². The van der Waals surface area contributed by atoms with E-state index in [-0.39, 0.29) is 6.04 Å². The molecule has 5 rings (SSSR count). The van der Waals surface area contributed by atoms with Crippen LogP contribution in [0.1, 0.15) is 30.0 Å². The van der Waals surface area contributed by atoms with Gasteiger partial charge in [0.25, 0.3) is 0 Å². The van der Waals surface area contributed by atoms with Gasteiger partial charge in [0.1, 0.15) is 17.0 Å². The number of rotatable bonds is 5. The first-order chi connectivity index (χ1) is 15.5. The van der Waals surface area contributed by atoms with Crippen molar-refractivity contribution < 1.29 is 9.26 Å². The van der Waals surface area contributed by atoms with E-state index in [1.807, 2.05) is 26.1 Å². The molecule has 0 saturated heterocycles. The summed E-state index contributed by atoms with van der Waals surface area (Å²) in [4.78, 5) is 9.63. The Labute approximate surface area is 190 Å². The smallest absolute Gasteiger partial charge is 0.169 e. The summed E-state index contributed by atoms with van der Waals surface area (Å²) in [7, 11) is 1.69. The molecule has 0 amide bonds. The Hall–Kier alpha value is -3.32. The van der Waals surface area contributed by atoms with E-state index >= 15 is 0 Å². The van der Waals surface area contributed by atoms with Crippen LogP contribution in [-0.4, -0.2) is 33.1 Å². The highest BCUT2D eigenvalue weighted by atomic mass is 32.2. The van der Waals surface area contributed by atoms with Crippen molar-refractivity contribution in [1.29, 1.82) is 0 Å². The minimum absolute atomic E-state index is 0.113. The molecule has 3 aromatic heterocycles. The normalized spacial score (nSPS) is 12.5. The first kappa shape index (κ1) is 20.6. The van der Waals surface area contributed by atoms with E-state index in [4.69, 9.17) is 19.2 Å². The second-order valence-electron chi connectivity index (χ2n) is 7.82. The van der Waals surface area contributed by atoms with Crippen molar-refractivity contribution >= 4 is 33.7 Å². The van der Waals surface area contributed by atoms with Gasteiger partial charge in [-0.1, -0.05) is 47.3 Å². The summed E-state index contributed by atoms with van der Waals surface area (Å²) in [5.74, 6) is 1.51. The van der Waals surface area contributed by atoms with Gasteiger partial charge in [-0.05, 0) is 44.7 Å². The lowest BCUT2D eigenvalue weighted by Crippen LogP contribution is -2.08. The maximum absolute atomic E-state index is 5.82. The van der Waals surface area contributed by atoms with Crippen LogP contribution in [0.25, 0.3) is 33.1 Å². The Balaban J connectivity index is 1.82. The number of fused-ring (bicyclic) bond motifs is 3. The molecule has 0 radical (unpaired) electrons. The fraction of sp³-hybridized carbons (Fsp3) is 0.240. The molecule has 0 aliphatic heterocycles. The number of nitrogens with zero attached hydrogens (tertiary/aromatic N) is 4. The molecule has 3 heterocycles. The quantitative estimate of drug-likeness (QED) is 0.301. The Bertz CT molecular complexity index is 1420. The van der Waals surface area contributed by atoms with Crippen LogP contribution in [0.15, 0.2) is 58.3 Å². The van der Waals surface area contributed by atoms with E-state index in [2.05, 4.69) is 59.3 Å². The summed E-state index contributed by atoms with van der Waals surface area (Å²) in [6.45, 7) is 6.06. The topological polar surface area (TPSA) is 66.0 Å². The highest BCUT2D eigenvalue weighted by Crippen LogP contribution is 2.40. The highest BCUT2D eigenvalue weighted by Gasteiger charge is 2.22.